The summed E-state index contributed by atoms with van der Waals surface area (Å²) in [7, 11) is -13.8. The smallest absolute Gasteiger partial charge is 0.421 e. The van der Waals surface area contributed by atoms with E-state index in [2.05, 4.69) is 118 Å². The topological polar surface area (TPSA) is 106 Å². The number of anilines is 2. The molecular weight excluding hydrogens is 853 g/mol. The zero-order chi connectivity index (χ0) is 34.7. The molecule has 0 bridgehead atoms. The van der Waals surface area contributed by atoms with Gasteiger partial charge in [-0.1, -0.05) is 111 Å². The van der Waals surface area contributed by atoms with Gasteiger partial charge in [0, 0.05) is 33.6 Å². The fraction of sp³-hybridized carbons (Fsp3) is 0.769. The van der Waals surface area contributed by atoms with E-state index in [9.17, 15) is 43.2 Å². The van der Waals surface area contributed by atoms with Crippen LogP contribution >= 0.6 is 15.8 Å². The van der Waals surface area contributed by atoms with Gasteiger partial charge in [0.1, 0.15) is 0 Å². The van der Waals surface area contributed by atoms with Crippen molar-refractivity contribution < 1.29 is 64.2 Å². The van der Waals surface area contributed by atoms with Crippen LogP contribution in [0.1, 0.15) is 83.1 Å². The standard InChI is InChI=1S/C24H46N2P2.C2F6NO4S2.Pt/c1-21(2,3)27(22(4,5)6)17-25-19-15-13-14-16-20(19)26-18-28(23(7,8)9)24(10,11)12;3-1(4,5)14(10,11)9-15(12,13)2(6,7)8;/h13-16,25-26H,17-18H2,1-12H3;;/q;-1;. The summed E-state index contributed by atoms with van der Waals surface area (Å²) in [6.45, 7) is 28.6. The first kappa shape index (κ1) is 45.9. The van der Waals surface area contributed by atoms with Gasteiger partial charge >= 0.3 is 11.0 Å². The van der Waals surface area contributed by atoms with E-state index in [0.717, 1.165) is 16.7 Å². The molecule has 1 rings (SSSR count). The third-order valence-corrected chi connectivity index (χ3v) is 16.0. The second kappa shape index (κ2) is 15.8. The molecule has 1 aromatic rings. The summed E-state index contributed by atoms with van der Waals surface area (Å²) in [5.41, 5.74) is -9.93. The molecule has 264 valence electrons. The zero-order valence-corrected chi connectivity index (χ0v) is 32.8. The molecular formula is C26H46F6N3O4P2PtS2-. The van der Waals surface area contributed by atoms with E-state index >= 15 is 0 Å². The molecule has 18 heteroatoms. The van der Waals surface area contributed by atoms with Gasteiger partial charge in [-0.3, -0.25) is 0 Å². The van der Waals surface area contributed by atoms with Crippen LogP contribution in [0.25, 0.3) is 4.13 Å². The number of para-hydroxylation sites is 2. The molecule has 0 radical (unpaired) electrons. The van der Waals surface area contributed by atoms with E-state index in [1.165, 1.54) is 11.4 Å². The number of halogens is 6. The Morgan fingerprint density at radius 2 is 0.795 bits per heavy atom. The van der Waals surface area contributed by atoms with Crippen LogP contribution in [-0.2, 0) is 41.1 Å². The number of alkyl halides is 6. The van der Waals surface area contributed by atoms with Crippen molar-refractivity contribution in [3.63, 3.8) is 0 Å². The molecule has 0 aliphatic rings. The molecule has 0 fully saturated rings. The predicted octanol–water partition coefficient (Wildman–Crippen LogP) is 9.64. The van der Waals surface area contributed by atoms with Gasteiger partial charge in [0.2, 0.25) is 0 Å². The fourth-order valence-corrected chi connectivity index (χ4v) is 12.6. The van der Waals surface area contributed by atoms with Crippen LogP contribution < -0.4 is 10.6 Å². The van der Waals surface area contributed by atoms with E-state index in [0.29, 0.717) is 20.6 Å². The van der Waals surface area contributed by atoms with Crippen molar-refractivity contribution >= 4 is 47.3 Å². The van der Waals surface area contributed by atoms with Crippen molar-refractivity contribution in [3.8, 4) is 0 Å². The van der Waals surface area contributed by atoms with E-state index in [4.69, 9.17) is 0 Å². The number of benzene rings is 1. The molecule has 0 heterocycles. The van der Waals surface area contributed by atoms with Gasteiger partial charge in [0.15, 0.2) is 20.0 Å². The van der Waals surface area contributed by atoms with Crippen molar-refractivity contribution in [3.05, 3.63) is 28.4 Å². The first-order chi connectivity index (χ1) is 18.6. The van der Waals surface area contributed by atoms with Crippen LogP contribution in [-0.4, -0.2) is 61.0 Å². The monoisotopic (exact) mass is 899 g/mol. The van der Waals surface area contributed by atoms with E-state index in [1.807, 2.05) is 0 Å². The minimum Gasteiger partial charge on any atom is -0.421 e. The average molecular weight is 900 g/mol. The normalized spacial score (nSPS) is 14.1. The predicted molar refractivity (Wildman–Crippen MR) is 170 cm³/mol. The summed E-state index contributed by atoms with van der Waals surface area (Å²) in [5, 5.41) is 8.92. The zero-order valence-electron chi connectivity index (χ0n) is 27.1. The van der Waals surface area contributed by atoms with Crippen LogP contribution in [0.5, 0.6) is 0 Å². The number of hydrogen-bond acceptors (Lipinski definition) is 6. The maximum Gasteiger partial charge on any atom is 0.480 e. The van der Waals surface area contributed by atoms with Gasteiger partial charge in [0.05, 0.1) is 11.4 Å². The summed E-state index contributed by atoms with van der Waals surface area (Å²) in [6.07, 6.45) is 2.10. The summed E-state index contributed by atoms with van der Waals surface area (Å²) in [6, 6.07) is 8.72. The van der Waals surface area contributed by atoms with Gasteiger partial charge in [-0.25, -0.2) is 16.8 Å². The van der Waals surface area contributed by atoms with Gasteiger partial charge in [0.25, 0.3) is 0 Å². The third-order valence-electron chi connectivity index (χ3n) is 5.80. The van der Waals surface area contributed by atoms with Crippen molar-refractivity contribution in [1.29, 1.82) is 0 Å². The van der Waals surface area contributed by atoms with Gasteiger partial charge < -0.3 is 14.8 Å². The van der Waals surface area contributed by atoms with Crippen LogP contribution in [0.4, 0.5) is 37.7 Å². The number of nitrogens with zero attached hydrogens (tertiary/aromatic N) is 1. The Morgan fingerprint density at radius 3 is 0.977 bits per heavy atom. The molecule has 0 unspecified atom stereocenters. The Balaban J connectivity index is 0. The largest absolute Gasteiger partial charge is 0.480 e. The van der Waals surface area contributed by atoms with Crippen LogP contribution in [0.3, 0.4) is 0 Å². The Labute approximate surface area is 276 Å². The number of nitrogens with one attached hydrogen (secondary N) is 2. The molecule has 0 atom stereocenters. The maximum absolute atomic E-state index is 11.4. The van der Waals surface area contributed by atoms with E-state index in [-0.39, 0.29) is 36.9 Å². The second-order valence-corrected chi connectivity index (χ2v) is 24.8. The SMILES string of the molecule is CC(C)(C)P(CNc1ccccc1NCP(C(C)(C)C)C(C)(C)C)C(C)(C)C.O=S(=O)([N-]S(=O)(=O)C(F)(F)F)C(F)(F)F.[Pt]. The molecule has 0 saturated carbocycles. The minimum absolute atomic E-state index is 0. The first-order valence-electron chi connectivity index (χ1n) is 13.1. The Hall–Kier alpha value is -0.192. The molecule has 0 spiro atoms. The number of sulfonamides is 2. The van der Waals surface area contributed by atoms with Gasteiger partial charge in [-0.15, -0.1) is 0 Å². The van der Waals surface area contributed by atoms with E-state index < -0.39 is 31.1 Å². The fourth-order valence-electron chi connectivity index (χ4n) is 4.29. The van der Waals surface area contributed by atoms with Crippen LogP contribution in [0.2, 0.25) is 0 Å². The Morgan fingerprint density at radius 1 is 0.568 bits per heavy atom. The molecule has 44 heavy (non-hydrogen) atoms. The molecule has 1 aromatic carbocycles. The molecule has 0 saturated heterocycles. The van der Waals surface area contributed by atoms with E-state index in [1.54, 1.807) is 0 Å². The van der Waals surface area contributed by atoms with Gasteiger partial charge in [-0.05, 0) is 32.8 Å². The van der Waals surface area contributed by atoms with Crippen molar-refractivity contribution in [2.24, 2.45) is 0 Å². The summed E-state index contributed by atoms with van der Waals surface area (Å²) in [4.78, 5) is 0. The molecule has 0 aliphatic heterocycles. The first-order valence-corrected chi connectivity index (χ1v) is 19.1. The average Bonchev–Trinajstić information content (AvgIpc) is 2.69. The van der Waals surface area contributed by atoms with Crippen LogP contribution in [0, 0.1) is 0 Å². The minimum atomic E-state index is -6.72. The van der Waals surface area contributed by atoms with Gasteiger partial charge in [-0.2, -0.15) is 26.3 Å². The summed E-state index contributed by atoms with van der Waals surface area (Å²) < 4.78 is 109. The molecule has 0 aliphatic carbocycles. The van der Waals surface area contributed by atoms with Crippen molar-refractivity contribution in [2.45, 2.75) is 115 Å². The molecule has 7 nitrogen and oxygen atoms in total. The number of hydrogen-bond donors (Lipinski definition) is 2. The Kier molecular flexibility index (Phi) is 16.5. The summed E-state index contributed by atoms with van der Waals surface area (Å²) in [5.74, 6) is 0. The third kappa shape index (κ3) is 14.7. The Bertz CT molecular complexity index is 1140. The van der Waals surface area contributed by atoms with Crippen molar-refractivity contribution in [2.75, 3.05) is 23.2 Å². The van der Waals surface area contributed by atoms with Crippen LogP contribution in [0.15, 0.2) is 24.3 Å². The molecule has 2 N–H and O–H groups in total. The van der Waals surface area contributed by atoms with Crippen molar-refractivity contribution in [1.82, 2.24) is 0 Å². The number of rotatable bonds is 8. The summed E-state index contributed by atoms with van der Waals surface area (Å²) >= 11 is 0. The molecule has 0 aromatic heterocycles. The molecule has 0 amide bonds. The second-order valence-electron chi connectivity index (χ2n) is 13.7. The maximum atomic E-state index is 11.4. The quantitative estimate of drug-likeness (QED) is 0.199.